The first-order valence-electron chi connectivity index (χ1n) is 3.20. The van der Waals surface area contributed by atoms with E-state index in [-0.39, 0.29) is 5.76 Å². The molecule has 0 amide bonds. The number of esters is 1. The molecule has 0 heterocycles. The Kier molecular flexibility index (Phi) is 4.98. The number of hydrogen-bond donors (Lipinski definition) is 0. The van der Waals surface area contributed by atoms with Crippen molar-refractivity contribution in [1.29, 1.82) is 0 Å². The zero-order valence-corrected chi connectivity index (χ0v) is 6.92. The van der Waals surface area contributed by atoms with E-state index < -0.39 is 5.97 Å². The minimum Gasteiger partial charge on any atom is -0.497 e. The van der Waals surface area contributed by atoms with Crippen molar-refractivity contribution in [3.8, 4) is 0 Å². The first-order chi connectivity index (χ1) is 5.26. The van der Waals surface area contributed by atoms with Crippen LogP contribution in [0.4, 0.5) is 0 Å². The molecule has 0 saturated carbocycles. The van der Waals surface area contributed by atoms with Gasteiger partial charge in [0, 0.05) is 0 Å². The molecule has 0 atom stereocenters. The highest BCUT2D eigenvalue weighted by Gasteiger charge is 2.08. The van der Waals surface area contributed by atoms with E-state index in [0.717, 1.165) is 0 Å². The highest BCUT2D eigenvalue weighted by molar-refractivity contribution is 5.85. The molecule has 0 aromatic carbocycles. The van der Waals surface area contributed by atoms with Crippen molar-refractivity contribution in [3.63, 3.8) is 0 Å². The number of rotatable bonds is 4. The molecule has 0 aromatic rings. The Morgan fingerprint density at radius 3 is 2.36 bits per heavy atom. The van der Waals surface area contributed by atoms with Crippen LogP contribution in [0.5, 0.6) is 0 Å². The van der Waals surface area contributed by atoms with Crippen LogP contribution < -0.4 is 0 Å². The third kappa shape index (κ3) is 3.50. The number of carbonyl (C=O) groups excluding carboxylic acids is 1. The third-order valence-corrected chi connectivity index (χ3v) is 0.964. The summed E-state index contributed by atoms with van der Waals surface area (Å²) in [5.74, 6) is -0.477. The van der Waals surface area contributed by atoms with Crippen molar-refractivity contribution in [2.45, 2.75) is 6.92 Å². The zero-order chi connectivity index (χ0) is 8.69. The zero-order valence-electron chi connectivity index (χ0n) is 6.92. The van der Waals surface area contributed by atoms with E-state index in [4.69, 9.17) is 4.74 Å². The molecule has 0 aliphatic heterocycles. The molecule has 0 radical (unpaired) electrons. The molecule has 0 aliphatic rings. The highest BCUT2D eigenvalue weighted by Crippen LogP contribution is 1.97. The van der Waals surface area contributed by atoms with Gasteiger partial charge in [0.25, 0.3) is 0 Å². The average Bonchev–Trinajstić information content (AvgIpc) is 2.05. The van der Waals surface area contributed by atoms with Crippen LogP contribution in [0, 0.1) is 0 Å². The minimum atomic E-state index is -0.541. The van der Waals surface area contributed by atoms with E-state index in [0.29, 0.717) is 6.61 Å². The Hall–Kier alpha value is -1.19. The fourth-order valence-electron chi connectivity index (χ4n) is 0.439. The molecular weight excluding hydrogens is 148 g/mol. The number of methoxy groups -OCH3 is 2. The summed E-state index contributed by atoms with van der Waals surface area (Å²) in [5, 5.41) is 0. The lowest BCUT2D eigenvalue weighted by Crippen LogP contribution is -2.06. The van der Waals surface area contributed by atoms with Crippen LogP contribution in [0.3, 0.4) is 0 Å². The Labute approximate surface area is 65.7 Å². The second-order valence-corrected chi connectivity index (χ2v) is 1.63. The van der Waals surface area contributed by atoms with Crippen molar-refractivity contribution in [1.82, 2.24) is 0 Å². The summed E-state index contributed by atoms with van der Waals surface area (Å²) in [5.41, 5.74) is 0. The molecule has 0 aromatic heterocycles. The number of ether oxygens (including phenoxy) is 3. The fourth-order valence-corrected chi connectivity index (χ4v) is 0.439. The summed E-state index contributed by atoms with van der Waals surface area (Å²) in [6.07, 6.45) is 1.23. The molecule has 11 heavy (non-hydrogen) atoms. The fraction of sp³-hybridized carbons (Fsp3) is 0.571. The average molecular weight is 160 g/mol. The second-order valence-electron chi connectivity index (χ2n) is 1.63. The molecule has 0 aliphatic carbocycles. The predicted octanol–water partition coefficient (Wildman–Crippen LogP) is 0.684. The SMILES string of the molecule is CCOC=C(OC)C(=O)OC. The van der Waals surface area contributed by atoms with Crippen LogP contribution >= 0.6 is 0 Å². The van der Waals surface area contributed by atoms with E-state index in [1.807, 2.05) is 0 Å². The van der Waals surface area contributed by atoms with Gasteiger partial charge in [-0.15, -0.1) is 0 Å². The molecule has 0 fully saturated rings. The summed E-state index contributed by atoms with van der Waals surface area (Å²) in [6.45, 7) is 2.30. The Morgan fingerprint density at radius 1 is 1.36 bits per heavy atom. The molecule has 4 heteroatoms. The molecule has 0 N–H and O–H groups in total. The van der Waals surface area contributed by atoms with Gasteiger partial charge < -0.3 is 14.2 Å². The molecule has 0 spiro atoms. The quantitative estimate of drug-likeness (QED) is 0.344. The molecule has 0 saturated heterocycles. The van der Waals surface area contributed by atoms with Gasteiger partial charge >= 0.3 is 5.97 Å². The molecular formula is C7H12O4. The van der Waals surface area contributed by atoms with E-state index in [1.165, 1.54) is 20.5 Å². The topological polar surface area (TPSA) is 44.8 Å². The molecule has 0 rings (SSSR count). The van der Waals surface area contributed by atoms with Crippen LogP contribution in [0.15, 0.2) is 12.0 Å². The first-order valence-corrected chi connectivity index (χ1v) is 3.20. The van der Waals surface area contributed by atoms with Crippen molar-refractivity contribution in [2.75, 3.05) is 20.8 Å². The maximum atomic E-state index is 10.8. The summed E-state index contributed by atoms with van der Waals surface area (Å²) in [7, 11) is 2.66. The first kappa shape index (κ1) is 9.81. The Bertz CT molecular complexity index is 151. The van der Waals surface area contributed by atoms with Crippen LogP contribution in [-0.4, -0.2) is 26.8 Å². The van der Waals surface area contributed by atoms with Gasteiger partial charge in [0.2, 0.25) is 5.76 Å². The standard InChI is InChI=1S/C7H12O4/c1-4-11-5-6(9-2)7(8)10-3/h5H,4H2,1-3H3. The van der Waals surface area contributed by atoms with E-state index in [1.54, 1.807) is 6.92 Å². The van der Waals surface area contributed by atoms with Gasteiger partial charge in [0.15, 0.2) is 0 Å². The summed E-state index contributed by atoms with van der Waals surface area (Å²) in [6, 6.07) is 0. The largest absolute Gasteiger partial charge is 0.497 e. The maximum Gasteiger partial charge on any atom is 0.376 e. The van der Waals surface area contributed by atoms with Gasteiger partial charge in [-0.2, -0.15) is 0 Å². The van der Waals surface area contributed by atoms with E-state index in [9.17, 15) is 4.79 Å². The predicted molar refractivity (Wildman–Crippen MR) is 38.7 cm³/mol. The smallest absolute Gasteiger partial charge is 0.376 e. The molecule has 4 nitrogen and oxygen atoms in total. The number of hydrogen-bond acceptors (Lipinski definition) is 4. The number of carbonyl (C=O) groups is 1. The second kappa shape index (κ2) is 5.58. The molecule has 64 valence electrons. The van der Waals surface area contributed by atoms with Gasteiger partial charge in [0.05, 0.1) is 20.8 Å². The van der Waals surface area contributed by atoms with E-state index in [2.05, 4.69) is 9.47 Å². The van der Waals surface area contributed by atoms with Gasteiger partial charge in [-0.05, 0) is 6.92 Å². The van der Waals surface area contributed by atoms with Crippen molar-refractivity contribution in [3.05, 3.63) is 12.0 Å². The van der Waals surface area contributed by atoms with Crippen LogP contribution in [0.25, 0.3) is 0 Å². The summed E-state index contributed by atoms with van der Waals surface area (Å²) >= 11 is 0. The molecule has 0 bridgehead atoms. The monoisotopic (exact) mass is 160 g/mol. The Balaban J connectivity index is 4.03. The van der Waals surface area contributed by atoms with Crippen LogP contribution in [0.2, 0.25) is 0 Å². The van der Waals surface area contributed by atoms with Crippen molar-refractivity contribution in [2.24, 2.45) is 0 Å². The lowest BCUT2D eigenvalue weighted by Gasteiger charge is -2.02. The summed E-state index contributed by atoms with van der Waals surface area (Å²) < 4.78 is 13.9. The lowest BCUT2D eigenvalue weighted by atomic mass is 10.5. The third-order valence-electron chi connectivity index (χ3n) is 0.964. The van der Waals surface area contributed by atoms with Crippen molar-refractivity contribution >= 4 is 5.97 Å². The van der Waals surface area contributed by atoms with E-state index >= 15 is 0 Å². The van der Waals surface area contributed by atoms with Gasteiger partial charge in [-0.1, -0.05) is 0 Å². The van der Waals surface area contributed by atoms with Crippen molar-refractivity contribution < 1.29 is 19.0 Å². The van der Waals surface area contributed by atoms with Crippen LogP contribution in [0.1, 0.15) is 6.92 Å². The lowest BCUT2D eigenvalue weighted by molar-refractivity contribution is -0.139. The summed E-state index contributed by atoms with van der Waals surface area (Å²) in [4.78, 5) is 10.8. The van der Waals surface area contributed by atoms with Gasteiger partial charge in [-0.3, -0.25) is 0 Å². The molecule has 0 unspecified atom stereocenters. The van der Waals surface area contributed by atoms with Crippen LogP contribution in [-0.2, 0) is 19.0 Å². The van der Waals surface area contributed by atoms with Gasteiger partial charge in [0.1, 0.15) is 6.26 Å². The normalized spacial score (nSPS) is 10.6. The maximum absolute atomic E-state index is 10.8. The Morgan fingerprint density at radius 2 is 2.00 bits per heavy atom. The van der Waals surface area contributed by atoms with Gasteiger partial charge in [-0.25, -0.2) is 4.79 Å². The highest BCUT2D eigenvalue weighted by atomic mass is 16.6. The minimum absolute atomic E-state index is 0.0642.